The van der Waals surface area contributed by atoms with Crippen LogP contribution in [0.5, 0.6) is 0 Å². The summed E-state index contributed by atoms with van der Waals surface area (Å²) in [6.45, 7) is 2.31. The molecule has 2 unspecified atom stereocenters. The molecule has 0 radical (unpaired) electrons. The van der Waals surface area contributed by atoms with E-state index >= 15 is 0 Å². The van der Waals surface area contributed by atoms with E-state index in [0.717, 1.165) is 64.2 Å². The Morgan fingerprint density at radius 1 is 0.646 bits per heavy atom. The average molecular weight is 674 g/mol. The number of carbonyl (C=O) groups excluding carboxylic acids is 2. The Morgan fingerprint density at radius 3 is 1.58 bits per heavy atom. The second kappa shape index (κ2) is 32.8. The van der Waals surface area contributed by atoms with E-state index in [2.05, 4.69) is 79.8 Å². The average Bonchev–Trinajstić information content (AvgIpc) is 3.04. The monoisotopic (exact) mass is 673 g/mol. The number of aliphatic hydroxyl groups excluding tert-OH is 1. The molecule has 0 fully saturated rings. The van der Waals surface area contributed by atoms with E-state index in [9.17, 15) is 19.8 Å². The number of likely N-dealkylation sites (N-methyl/N-ethyl adjacent to an activating group) is 1. The maximum Gasteiger partial charge on any atom is 0.305 e. The summed E-state index contributed by atoms with van der Waals surface area (Å²) in [4.78, 5) is 23.1. The van der Waals surface area contributed by atoms with Crippen molar-refractivity contribution >= 4 is 11.9 Å². The number of allylic oxidation sites excluding steroid dienone is 12. The highest BCUT2D eigenvalue weighted by atomic mass is 16.7. The Bertz CT molecular complexity index is 959. The normalized spacial score (nSPS) is 14.1. The van der Waals surface area contributed by atoms with E-state index in [1.54, 1.807) is 0 Å². The Kier molecular flexibility index (Phi) is 30.9. The van der Waals surface area contributed by atoms with Crippen molar-refractivity contribution in [3.63, 3.8) is 0 Å². The minimum Gasteiger partial charge on any atom is -0.545 e. The van der Waals surface area contributed by atoms with Gasteiger partial charge in [0.25, 0.3) is 0 Å². The molecule has 48 heavy (non-hydrogen) atoms. The van der Waals surface area contributed by atoms with Gasteiger partial charge in [0, 0.05) is 6.42 Å². The molecule has 0 aliphatic heterocycles. The molecular formula is C40H67NO7. The predicted molar refractivity (Wildman–Crippen MR) is 195 cm³/mol. The third-order valence-corrected chi connectivity index (χ3v) is 7.20. The SMILES string of the molecule is CC/C=C\C/C=C\C/C=C\C/C=C\C/C=C\C/C=C\CCCCCCCCCCC(=O)OCC(O)COC(OCC[N+](C)(C)C)C(=O)[O-]. The minimum atomic E-state index is -1.58. The number of nitrogens with zero attached hydrogens (tertiary/aromatic N) is 1. The highest BCUT2D eigenvalue weighted by Crippen LogP contribution is 2.11. The maximum absolute atomic E-state index is 12.0. The number of quaternary nitrogens is 1. The topological polar surface area (TPSA) is 105 Å². The molecule has 0 aliphatic rings. The number of esters is 1. The first kappa shape index (κ1) is 45.2. The molecular weight excluding hydrogens is 606 g/mol. The molecule has 1 N–H and O–H groups in total. The van der Waals surface area contributed by atoms with Crippen molar-refractivity contribution in [1.82, 2.24) is 0 Å². The van der Waals surface area contributed by atoms with Crippen LogP contribution in [0.3, 0.4) is 0 Å². The Balaban J connectivity index is 3.62. The van der Waals surface area contributed by atoms with Gasteiger partial charge in [-0.2, -0.15) is 0 Å². The fourth-order valence-electron chi connectivity index (χ4n) is 4.36. The lowest BCUT2D eigenvalue weighted by Gasteiger charge is -2.26. The number of carboxylic acids is 1. The number of carboxylic acid groups (broad SMARTS) is 1. The summed E-state index contributed by atoms with van der Waals surface area (Å²) in [6.07, 6.45) is 40.5. The highest BCUT2D eigenvalue weighted by Gasteiger charge is 2.17. The first-order chi connectivity index (χ1) is 23.2. The zero-order valence-electron chi connectivity index (χ0n) is 30.6. The molecule has 0 amide bonds. The first-order valence-electron chi connectivity index (χ1n) is 18.1. The predicted octanol–water partition coefficient (Wildman–Crippen LogP) is 7.30. The molecule has 8 nitrogen and oxygen atoms in total. The van der Waals surface area contributed by atoms with Crippen molar-refractivity contribution in [1.29, 1.82) is 0 Å². The number of unbranched alkanes of at least 4 members (excludes halogenated alkanes) is 8. The molecule has 0 aliphatic carbocycles. The van der Waals surface area contributed by atoms with Gasteiger partial charge >= 0.3 is 5.97 Å². The third kappa shape index (κ3) is 34.6. The van der Waals surface area contributed by atoms with Gasteiger partial charge in [-0.3, -0.25) is 4.79 Å². The number of aliphatic hydroxyl groups is 1. The van der Waals surface area contributed by atoms with Gasteiger partial charge < -0.3 is 33.7 Å². The molecule has 0 saturated heterocycles. The number of rotatable bonds is 32. The standard InChI is InChI=1S/C40H67NO7/c1-5-6-7-8-9-10-11-12-13-14-15-16-17-18-19-20-21-22-23-24-25-26-27-28-29-30-31-32-38(43)47-35-37(42)36-48-40(39(44)45)46-34-33-41(2,3)4/h6-7,9-10,12-13,15-16,18-19,21-22,37,40,42H,5,8,11,14,17,20,23-36H2,1-4H3/b7-6-,10-9-,13-12-,16-15-,19-18-,22-21-. The molecule has 0 saturated carbocycles. The van der Waals surface area contributed by atoms with Crippen LogP contribution in [0.1, 0.15) is 110 Å². The summed E-state index contributed by atoms with van der Waals surface area (Å²) in [5.74, 6) is -1.89. The largest absolute Gasteiger partial charge is 0.545 e. The van der Waals surface area contributed by atoms with Crippen LogP contribution in [0.15, 0.2) is 72.9 Å². The van der Waals surface area contributed by atoms with Gasteiger partial charge in [-0.1, -0.05) is 118 Å². The molecule has 274 valence electrons. The van der Waals surface area contributed by atoms with Gasteiger partial charge in [0.1, 0.15) is 19.3 Å². The lowest BCUT2D eigenvalue weighted by Crippen LogP contribution is -2.44. The van der Waals surface area contributed by atoms with Crippen LogP contribution in [-0.2, 0) is 23.8 Å². The van der Waals surface area contributed by atoms with Crippen molar-refractivity contribution in [2.45, 2.75) is 122 Å². The van der Waals surface area contributed by atoms with Gasteiger partial charge in [0.15, 0.2) is 6.29 Å². The zero-order valence-corrected chi connectivity index (χ0v) is 30.6. The Morgan fingerprint density at radius 2 is 1.10 bits per heavy atom. The molecule has 0 aromatic carbocycles. The smallest absolute Gasteiger partial charge is 0.305 e. The summed E-state index contributed by atoms with van der Waals surface area (Å²) in [7, 11) is 5.86. The molecule has 0 bridgehead atoms. The fourth-order valence-corrected chi connectivity index (χ4v) is 4.36. The van der Waals surface area contributed by atoms with E-state index in [0.29, 0.717) is 17.4 Å². The molecule has 8 heteroatoms. The van der Waals surface area contributed by atoms with Crippen LogP contribution in [-0.4, -0.2) is 81.4 Å². The van der Waals surface area contributed by atoms with Crippen LogP contribution < -0.4 is 5.11 Å². The van der Waals surface area contributed by atoms with Gasteiger partial charge in [-0.25, -0.2) is 0 Å². The van der Waals surface area contributed by atoms with Crippen molar-refractivity contribution < 1.29 is 38.5 Å². The first-order valence-corrected chi connectivity index (χ1v) is 18.1. The van der Waals surface area contributed by atoms with Gasteiger partial charge in [-0.15, -0.1) is 0 Å². The van der Waals surface area contributed by atoms with Crippen molar-refractivity contribution in [3.8, 4) is 0 Å². The number of aliphatic carboxylic acids is 1. The minimum absolute atomic E-state index is 0.165. The second-order valence-corrected chi connectivity index (χ2v) is 13.0. The van der Waals surface area contributed by atoms with Gasteiger partial charge in [0.2, 0.25) is 0 Å². The zero-order chi connectivity index (χ0) is 35.6. The van der Waals surface area contributed by atoms with Gasteiger partial charge in [-0.05, 0) is 57.8 Å². The lowest BCUT2D eigenvalue weighted by atomic mass is 10.1. The Hall–Kier alpha value is -2.78. The van der Waals surface area contributed by atoms with E-state index in [1.165, 1.54) is 32.1 Å². The van der Waals surface area contributed by atoms with Gasteiger partial charge in [0.05, 0.1) is 40.3 Å². The fraction of sp³-hybridized carbons (Fsp3) is 0.650. The lowest BCUT2D eigenvalue weighted by molar-refractivity contribution is -0.870. The highest BCUT2D eigenvalue weighted by molar-refractivity contribution is 5.69. The summed E-state index contributed by atoms with van der Waals surface area (Å²) in [5, 5.41) is 21.1. The van der Waals surface area contributed by atoms with Crippen molar-refractivity contribution in [3.05, 3.63) is 72.9 Å². The number of ether oxygens (including phenoxy) is 3. The maximum atomic E-state index is 12.0. The van der Waals surface area contributed by atoms with Crippen molar-refractivity contribution in [2.75, 3.05) is 47.5 Å². The van der Waals surface area contributed by atoms with E-state index in [4.69, 9.17) is 14.2 Å². The van der Waals surface area contributed by atoms with Crippen LogP contribution >= 0.6 is 0 Å². The number of hydrogen-bond acceptors (Lipinski definition) is 7. The molecule has 0 spiro atoms. The van der Waals surface area contributed by atoms with E-state index in [1.807, 2.05) is 21.1 Å². The van der Waals surface area contributed by atoms with Crippen LogP contribution in [0.4, 0.5) is 0 Å². The number of hydrogen-bond donors (Lipinski definition) is 1. The van der Waals surface area contributed by atoms with E-state index in [-0.39, 0.29) is 25.8 Å². The molecule has 0 rings (SSSR count). The van der Waals surface area contributed by atoms with Crippen LogP contribution in [0.25, 0.3) is 0 Å². The quantitative estimate of drug-likeness (QED) is 0.0263. The van der Waals surface area contributed by atoms with Crippen LogP contribution in [0.2, 0.25) is 0 Å². The molecule has 2 atom stereocenters. The molecule has 0 aromatic heterocycles. The third-order valence-electron chi connectivity index (χ3n) is 7.20. The Labute approximate surface area is 292 Å². The van der Waals surface area contributed by atoms with Crippen molar-refractivity contribution in [2.24, 2.45) is 0 Å². The summed E-state index contributed by atoms with van der Waals surface area (Å²) < 4.78 is 16.0. The summed E-state index contributed by atoms with van der Waals surface area (Å²) in [5.41, 5.74) is 0. The second-order valence-electron chi connectivity index (χ2n) is 13.0. The summed E-state index contributed by atoms with van der Waals surface area (Å²) in [6, 6.07) is 0. The molecule has 0 aromatic rings. The van der Waals surface area contributed by atoms with Crippen LogP contribution in [0, 0.1) is 0 Å². The number of carbonyl (C=O) groups is 2. The summed E-state index contributed by atoms with van der Waals surface area (Å²) >= 11 is 0. The molecule has 0 heterocycles. The van der Waals surface area contributed by atoms with E-state index < -0.39 is 18.4 Å².